The van der Waals surface area contributed by atoms with E-state index in [0.29, 0.717) is 24.5 Å². The van der Waals surface area contributed by atoms with Crippen molar-refractivity contribution >= 4 is 22.4 Å². The number of hydrogen-bond donors (Lipinski definition) is 1. The van der Waals surface area contributed by atoms with E-state index in [1.165, 1.54) is 5.69 Å². The normalized spacial score (nSPS) is 14.2. The van der Waals surface area contributed by atoms with Crippen molar-refractivity contribution in [2.45, 2.75) is 26.9 Å². The Morgan fingerprint density at radius 1 is 0.973 bits per heavy atom. The standard InChI is InChI=1S/C30H34N4O3/c1-22-28(23(2)37-32-22)21-36-29-20-25-10-7-6-9-24(25)19-27(29)30(35)31-13-8-14-33-15-17-34(18-16-33)26-11-4-3-5-12-26/h3-7,9-12,19-20H,8,13-18,21H2,1-2H3,(H,31,35). The van der Waals surface area contributed by atoms with Crippen molar-refractivity contribution < 1.29 is 14.1 Å². The van der Waals surface area contributed by atoms with Gasteiger partial charge in [0.15, 0.2) is 0 Å². The Bertz CT molecular complexity index is 1320. The molecule has 1 aliphatic rings. The second-order valence-electron chi connectivity index (χ2n) is 9.56. The van der Waals surface area contributed by atoms with Gasteiger partial charge in [0.05, 0.1) is 16.8 Å². The van der Waals surface area contributed by atoms with Crippen LogP contribution in [0.4, 0.5) is 5.69 Å². The van der Waals surface area contributed by atoms with Crippen molar-refractivity contribution in [1.82, 2.24) is 15.4 Å². The Morgan fingerprint density at radius 2 is 1.68 bits per heavy atom. The summed E-state index contributed by atoms with van der Waals surface area (Å²) in [5.74, 6) is 1.18. The number of nitrogens with one attached hydrogen (secondary N) is 1. The van der Waals surface area contributed by atoms with Gasteiger partial charge in [-0.15, -0.1) is 0 Å². The highest BCUT2D eigenvalue weighted by molar-refractivity contribution is 6.01. The Labute approximate surface area is 218 Å². The number of aryl methyl sites for hydroxylation is 2. The van der Waals surface area contributed by atoms with Crippen molar-refractivity contribution in [2.75, 3.05) is 44.2 Å². The van der Waals surface area contributed by atoms with E-state index in [0.717, 1.165) is 66.9 Å². The summed E-state index contributed by atoms with van der Waals surface area (Å²) in [6.07, 6.45) is 0.903. The SMILES string of the molecule is Cc1noc(C)c1COc1cc2ccccc2cc1C(=O)NCCCN1CCN(c2ccccc2)CC1. The summed E-state index contributed by atoms with van der Waals surface area (Å²) in [6.45, 7) is 9.77. The average Bonchev–Trinajstić information content (AvgIpc) is 3.26. The van der Waals surface area contributed by atoms with Gasteiger partial charge in [0, 0.05) is 38.4 Å². The van der Waals surface area contributed by atoms with Crippen LogP contribution in [-0.4, -0.2) is 55.2 Å². The topological polar surface area (TPSA) is 70.8 Å². The maximum atomic E-state index is 13.2. The third-order valence-corrected chi connectivity index (χ3v) is 7.08. The predicted octanol–water partition coefficient (Wildman–Crippen LogP) is 4.97. The van der Waals surface area contributed by atoms with Crippen LogP contribution < -0.4 is 15.0 Å². The average molecular weight is 499 g/mol. The lowest BCUT2D eigenvalue weighted by Gasteiger charge is -2.36. The first-order valence-electron chi connectivity index (χ1n) is 13.0. The Kier molecular flexibility index (Phi) is 7.70. The molecule has 7 nitrogen and oxygen atoms in total. The van der Waals surface area contributed by atoms with Crippen molar-refractivity contribution in [3.63, 3.8) is 0 Å². The largest absolute Gasteiger partial charge is 0.488 e. The highest BCUT2D eigenvalue weighted by Crippen LogP contribution is 2.28. The molecule has 0 aliphatic carbocycles. The molecule has 1 aliphatic heterocycles. The third-order valence-electron chi connectivity index (χ3n) is 7.08. The molecule has 4 aromatic rings. The summed E-state index contributed by atoms with van der Waals surface area (Å²) in [5.41, 5.74) is 3.54. The fourth-order valence-corrected chi connectivity index (χ4v) is 4.84. The molecule has 7 heteroatoms. The summed E-state index contributed by atoms with van der Waals surface area (Å²) in [5, 5.41) is 9.15. The molecule has 1 amide bonds. The van der Waals surface area contributed by atoms with Gasteiger partial charge in [-0.1, -0.05) is 47.6 Å². The lowest BCUT2D eigenvalue weighted by Crippen LogP contribution is -2.47. The number of rotatable bonds is 9. The molecule has 2 heterocycles. The van der Waals surface area contributed by atoms with Crippen LogP contribution in [0.15, 0.2) is 71.3 Å². The van der Waals surface area contributed by atoms with Crippen molar-refractivity contribution in [3.05, 3.63) is 89.3 Å². The van der Waals surface area contributed by atoms with Gasteiger partial charge < -0.3 is 19.5 Å². The molecule has 37 heavy (non-hydrogen) atoms. The maximum Gasteiger partial charge on any atom is 0.255 e. The van der Waals surface area contributed by atoms with Crippen LogP contribution in [0.1, 0.15) is 33.8 Å². The Hall–Kier alpha value is -3.84. The number of hydrogen-bond acceptors (Lipinski definition) is 6. The van der Waals surface area contributed by atoms with Crippen LogP contribution in [-0.2, 0) is 6.61 Å². The summed E-state index contributed by atoms with van der Waals surface area (Å²) >= 11 is 0. The Morgan fingerprint density at radius 3 is 2.38 bits per heavy atom. The molecule has 0 bridgehead atoms. The lowest BCUT2D eigenvalue weighted by molar-refractivity contribution is 0.0947. The summed E-state index contributed by atoms with van der Waals surface area (Å²) in [6, 6.07) is 22.4. The van der Waals surface area contributed by atoms with Crippen LogP contribution in [0.3, 0.4) is 0 Å². The number of piperazine rings is 1. The van der Waals surface area contributed by atoms with Crippen molar-refractivity contribution in [2.24, 2.45) is 0 Å². The number of carbonyl (C=O) groups excluding carboxylic acids is 1. The molecule has 1 saturated heterocycles. The minimum Gasteiger partial charge on any atom is -0.488 e. The molecule has 3 aromatic carbocycles. The van der Waals surface area contributed by atoms with E-state index in [1.54, 1.807) is 0 Å². The zero-order valence-electron chi connectivity index (χ0n) is 21.6. The Balaban J connectivity index is 1.16. The minimum absolute atomic E-state index is 0.117. The molecule has 0 atom stereocenters. The van der Waals surface area contributed by atoms with Gasteiger partial charge in [-0.05, 0) is 61.9 Å². The first kappa shape index (κ1) is 24.8. The van der Waals surface area contributed by atoms with Crippen molar-refractivity contribution in [1.29, 1.82) is 0 Å². The molecule has 1 aromatic heterocycles. The molecule has 1 fully saturated rings. The molecule has 0 radical (unpaired) electrons. The smallest absolute Gasteiger partial charge is 0.255 e. The predicted molar refractivity (Wildman–Crippen MR) is 146 cm³/mol. The van der Waals surface area contributed by atoms with E-state index in [-0.39, 0.29) is 5.91 Å². The van der Waals surface area contributed by atoms with Gasteiger partial charge in [-0.25, -0.2) is 0 Å². The van der Waals surface area contributed by atoms with Gasteiger partial charge in [-0.2, -0.15) is 0 Å². The van der Waals surface area contributed by atoms with E-state index in [9.17, 15) is 4.79 Å². The van der Waals surface area contributed by atoms with Crippen LogP contribution in [0, 0.1) is 13.8 Å². The zero-order valence-corrected chi connectivity index (χ0v) is 21.6. The second kappa shape index (κ2) is 11.5. The molecule has 0 spiro atoms. The van der Waals surface area contributed by atoms with Gasteiger partial charge >= 0.3 is 0 Å². The van der Waals surface area contributed by atoms with E-state index in [2.05, 4.69) is 50.6 Å². The number of benzene rings is 3. The first-order chi connectivity index (χ1) is 18.1. The number of anilines is 1. The summed E-state index contributed by atoms with van der Waals surface area (Å²) < 4.78 is 11.4. The summed E-state index contributed by atoms with van der Waals surface area (Å²) in [4.78, 5) is 18.1. The number of nitrogens with zero attached hydrogens (tertiary/aromatic N) is 3. The second-order valence-corrected chi connectivity index (χ2v) is 9.56. The highest BCUT2D eigenvalue weighted by atomic mass is 16.5. The van der Waals surface area contributed by atoms with E-state index in [1.807, 2.05) is 50.2 Å². The zero-order chi connectivity index (χ0) is 25.6. The highest BCUT2D eigenvalue weighted by Gasteiger charge is 2.18. The summed E-state index contributed by atoms with van der Waals surface area (Å²) in [7, 11) is 0. The van der Waals surface area contributed by atoms with Gasteiger partial charge in [0.25, 0.3) is 5.91 Å². The monoisotopic (exact) mass is 498 g/mol. The molecular weight excluding hydrogens is 464 g/mol. The number of amides is 1. The lowest BCUT2D eigenvalue weighted by atomic mass is 10.1. The van der Waals surface area contributed by atoms with Crippen LogP contribution >= 0.6 is 0 Å². The fourth-order valence-electron chi connectivity index (χ4n) is 4.84. The number of ether oxygens (including phenoxy) is 1. The minimum atomic E-state index is -0.117. The number of aromatic nitrogens is 1. The van der Waals surface area contributed by atoms with E-state index in [4.69, 9.17) is 9.26 Å². The number of fused-ring (bicyclic) bond motifs is 1. The van der Waals surface area contributed by atoms with Gasteiger partial charge in [-0.3, -0.25) is 9.69 Å². The molecule has 5 rings (SSSR count). The van der Waals surface area contributed by atoms with E-state index >= 15 is 0 Å². The fraction of sp³-hybridized carbons (Fsp3) is 0.333. The first-order valence-corrected chi connectivity index (χ1v) is 13.0. The quantitative estimate of drug-likeness (QED) is 0.329. The molecule has 1 N–H and O–H groups in total. The molecule has 0 saturated carbocycles. The van der Waals surface area contributed by atoms with Crippen LogP contribution in [0.25, 0.3) is 10.8 Å². The van der Waals surface area contributed by atoms with Crippen LogP contribution in [0.5, 0.6) is 5.75 Å². The number of carbonyl (C=O) groups is 1. The molecule has 192 valence electrons. The number of para-hydroxylation sites is 1. The molecular formula is C30H34N4O3. The molecule has 0 unspecified atom stereocenters. The van der Waals surface area contributed by atoms with Crippen molar-refractivity contribution in [3.8, 4) is 5.75 Å². The maximum absolute atomic E-state index is 13.2. The van der Waals surface area contributed by atoms with Crippen LogP contribution in [0.2, 0.25) is 0 Å². The van der Waals surface area contributed by atoms with Gasteiger partial charge in [0.1, 0.15) is 18.1 Å². The van der Waals surface area contributed by atoms with E-state index < -0.39 is 0 Å². The third kappa shape index (κ3) is 5.94. The van der Waals surface area contributed by atoms with Gasteiger partial charge in [0.2, 0.25) is 0 Å².